The lowest BCUT2D eigenvalue weighted by atomic mass is 10.1. The van der Waals surface area contributed by atoms with Gasteiger partial charge in [0, 0.05) is 21.2 Å². The molecule has 0 bridgehead atoms. The van der Waals surface area contributed by atoms with E-state index in [1.165, 1.54) is 17.4 Å². The quantitative estimate of drug-likeness (QED) is 0.787. The van der Waals surface area contributed by atoms with Crippen LogP contribution in [0.15, 0.2) is 28.1 Å². The first kappa shape index (κ1) is 15.3. The van der Waals surface area contributed by atoms with Gasteiger partial charge < -0.3 is 5.32 Å². The first-order valence-corrected chi connectivity index (χ1v) is 7.50. The first-order valence-electron chi connectivity index (χ1n) is 5.82. The highest BCUT2D eigenvalue weighted by atomic mass is 79.9. The van der Waals surface area contributed by atoms with Crippen molar-refractivity contribution in [1.29, 1.82) is 0 Å². The number of aromatic nitrogens is 1. The summed E-state index contributed by atoms with van der Waals surface area (Å²) < 4.78 is 39.4. The number of halogens is 4. The molecule has 0 aliphatic rings. The maximum absolute atomic E-state index is 13.0. The van der Waals surface area contributed by atoms with Crippen molar-refractivity contribution < 1.29 is 13.2 Å². The maximum atomic E-state index is 13.0. The van der Waals surface area contributed by atoms with Gasteiger partial charge in [-0.25, -0.2) is 4.98 Å². The molecule has 2 nitrogen and oxygen atoms in total. The van der Waals surface area contributed by atoms with Gasteiger partial charge in [0.1, 0.15) is 5.01 Å². The van der Waals surface area contributed by atoms with Crippen LogP contribution in [0.25, 0.3) is 0 Å². The van der Waals surface area contributed by atoms with Crippen LogP contribution in [0, 0.1) is 6.92 Å². The lowest BCUT2D eigenvalue weighted by Gasteiger charge is -2.18. The third kappa shape index (κ3) is 3.52. The van der Waals surface area contributed by atoms with Gasteiger partial charge in [-0.3, -0.25) is 0 Å². The molecule has 2 rings (SSSR count). The molecular weight excluding hydrogens is 353 g/mol. The Morgan fingerprint density at radius 2 is 2.05 bits per heavy atom. The van der Waals surface area contributed by atoms with E-state index in [9.17, 15) is 13.2 Å². The van der Waals surface area contributed by atoms with Crippen molar-refractivity contribution in [2.24, 2.45) is 0 Å². The highest BCUT2D eigenvalue weighted by Gasteiger charge is 2.34. The first-order chi connectivity index (χ1) is 9.27. The summed E-state index contributed by atoms with van der Waals surface area (Å²) in [5.74, 6) is 0. The number of nitrogens with one attached hydrogen (secondary N) is 1. The highest BCUT2D eigenvalue weighted by Crippen LogP contribution is 2.38. The Kier molecular flexibility index (Phi) is 4.39. The molecule has 0 aliphatic heterocycles. The van der Waals surface area contributed by atoms with Crippen molar-refractivity contribution in [1.82, 2.24) is 4.98 Å². The third-order valence-electron chi connectivity index (χ3n) is 2.67. The van der Waals surface area contributed by atoms with Crippen LogP contribution in [0.1, 0.15) is 29.2 Å². The van der Waals surface area contributed by atoms with Crippen LogP contribution in [0.5, 0.6) is 0 Å². The molecule has 0 fully saturated rings. The molecule has 7 heteroatoms. The number of hydrogen-bond acceptors (Lipinski definition) is 3. The van der Waals surface area contributed by atoms with Gasteiger partial charge in [0.15, 0.2) is 0 Å². The normalized spacial score (nSPS) is 13.3. The minimum Gasteiger partial charge on any atom is -0.376 e. The number of anilines is 1. The summed E-state index contributed by atoms with van der Waals surface area (Å²) in [4.78, 5) is 4.28. The monoisotopic (exact) mass is 364 g/mol. The molecule has 1 heterocycles. The Balaban J connectivity index is 2.29. The molecule has 0 aliphatic carbocycles. The van der Waals surface area contributed by atoms with Crippen LogP contribution < -0.4 is 5.32 Å². The zero-order chi connectivity index (χ0) is 14.9. The second-order valence-corrected chi connectivity index (χ2v) is 6.19. The number of benzene rings is 1. The van der Waals surface area contributed by atoms with Gasteiger partial charge in [-0.2, -0.15) is 13.2 Å². The van der Waals surface area contributed by atoms with E-state index in [4.69, 9.17) is 0 Å². The standard InChI is InChI=1S/C13H12BrF3N2S/c1-7-6-20-12(18-7)8(2)19-11-4-3-9(14)5-10(11)13(15,16)17/h3-6,8,19H,1-2H3. The molecule has 2 aromatic rings. The summed E-state index contributed by atoms with van der Waals surface area (Å²) in [7, 11) is 0. The summed E-state index contributed by atoms with van der Waals surface area (Å²) in [6.45, 7) is 3.65. The van der Waals surface area contributed by atoms with E-state index < -0.39 is 11.7 Å². The van der Waals surface area contributed by atoms with Crippen LogP contribution in [-0.2, 0) is 6.18 Å². The fourth-order valence-corrected chi connectivity index (χ4v) is 2.91. The van der Waals surface area contributed by atoms with Gasteiger partial charge >= 0.3 is 6.18 Å². The van der Waals surface area contributed by atoms with E-state index in [0.29, 0.717) is 4.47 Å². The highest BCUT2D eigenvalue weighted by molar-refractivity contribution is 9.10. The average molecular weight is 365 g/mol. The average Bonchev–Trinajstić information content (AvgIpc) is 2.77. The van der Waals surface area contributed by atoms with E-state index in [2.05, 4.69) is 26.2 Å². The van der Waals surface area contributed by atoms with E-state index in [1.807, 2.05) is 12.3 Å². The van der Waals surface area contributed by atoms with Crippen LogP contribution in [0.2, 0.25) is 0 Å². The summed E-state index contributed by atoms with van der Waals surface area (Å²) >= 11 is 4.49. The largest absolute Gasteiger partial charge is 0.418 e. The van der Waals surface area contributed by atoms with Crippen molar-refractivity contribution in [3.63, 3.8) is 0 Å². The van der Waals surface area contributed by atoms with Crippen LogP contribution in [-0.4, -0.2) is 4.98 Å². The molecule has 1 atom stereocenters. The van der Waals surface area contributed by atoms with Gasteiger partial charge in [-0.15, -0.1) is 11.3 Å². The SMILES string of the molecule is Cc1csc(C(C)Nc2ccc(Br)cc2C(F)(F)F)n1. The van der Waals surface area contributed by atoms with Crippen LogP contribution in [0.3, 0.4) is 0 Å². The Bertz CT molecular complexity index is 610. The number of aryl methyl sites for hydroxylation is 1. The van der Waals surface area contributed by atoms with E-state index >= 15 is 0 Å². The number of rotatable bonds is 3. The van der Waals surface area contributed by atoms with Gasteiger partial charge in [-0.05, 0) is 32.0 Å². The van der Waals surface area contributed by atoms with Crippen molar-refractivity contribution in [3.8, 4) is 0 Å². The molecule has 0 saturated heterocycles. The number of nitrogens with zero attached hydrogens (tertiary/aromatic N) is 1. The minimum absolute atomic E-state index is 0.0565. The second-order valence-electron chi connectivity index (χ2n) is 4.38. The maximum Gasteiger partial charge on any atom is 0.418 e. The molecule has 1 unspecified atom stereocenters. The molecule has 0 amide bonds. The Hall–Kier alpha value is -1.08. The van der Waals surface area contributed by atoms with Crippen LogP contribution in [0.4, 0.5) is 18.9 Å². The molecule has 108 valence electrons. The zero-order valence-electron chi connectivity index (χ0n) is 10.8. The Morgan fingerprint density at radius 3 is 2.60 bits per heavy atom. The van der Waals surface area contributed by atoms with Crippen LogP contribution >= 0.6 is 27.3 Å². The number of alkyl halides is 3. The Morgan fingerprint density at radius 1 is 1.35 bits per heavy atom. The second kappa shape index (κ2) is 5.73. The van der Waals surface area contributed by atoms with E-state index in [0.717, 1.165) is 16.8 Å². The molecule has 1 N–H and O–H groups in total. The van der Waals surface area contributed by atoms with Gasteiger partial charge in [0.2, 0.25) is 0 Å². The van der Waals surface area contributed by atoms with Crippen molar-refractivity contribution in [2.75, 3.05) is 5.32 Å². The Labute approximate surface area is 127 Å². The smallest absolute Gasteiger partial charge is 0.376 e. The minimum atomic E-state index is -4.40. The van der Waals surface area contributed by atoms with E-state index in [1.54, 1.807) is 13.0 Å². The molecule has 0 radical (unpaired) electrons. The molecule has 0 saturated carbocycles. The van der Waals surface area contributed by atoms with E-state index in [-0.39, 0.29) is 11.7 Å². The molecule has 0 spiro atoms. The predicted octanol–water partition coefficient (Wildman–Crippen LogP) is 5.41. The number of thiazole rings is 1. The number of hydrogen-bond donors (Lipinski definition) is 1. The molecule has 1 aromatic heterocycles. The lowest BCUT2D eigenvalue weighted by Crippen LogP contribution is -2.13. The molecular formula is C13H12BrF3N2S. The fourth-order valence-electron chi connectivity index (χ4n) is 1.74. The summed E-state index contributed by atoms with van der Waals surface area (Å²) in [6.07, 6.45) is -4.40. The van der Waals surface area contributed by atoms with Gasteiger partial charge in [0.25, 0.3) is 0 Å². The molecule has 1 aromatic carbocycles. The lowest BCUT2D eigenvalue weighted by molar-refractivity contribution is -0.137. The fraction of sp³-hybridized carbons (Fsp3) is 0.308. The van der Waals surface area contributed by atoms with Crippen molar-refractivity contribution in [3.05, 3.63) is 44.3 Å². The topological polar surface area (TPSA) is 24.9 Å². The van der Waals surface area contributed by atoms with Crippen molar-refractivity contribution in [2.45, 2.75) is 26.1 Å². The van der Waals surface area contributed by atoms with Crippen molar-refractivity contribution >= 4 is 33.0 Å². The van der Waals surface area contributed by atoms with Gasteiger partial charge in [-0.1, -0.05) is 15.9 Å². The van der Waals surface area contributed by atoms with Gasteiger partial charge in [0.05, 0.1) is 11.6 Å². The summed E-state index contributed by atoms with van der Waals surface area (Å²) in [5, 5.41) is 5.52. The zero-order valence-corrected chi connectivity index (χ0v) is 13.2. The summed E-state index contributed by atoms with van der Waals surface area (Å²) in [6, 6.07) is 3.79. The summed E-state index contributed by atoms with van der Waals surface area (Å²) in [5.41, 5.74) is 0.235. The molecule has 20 heavy (non-hydrogen) atoms. The third-order valence-corrected chi connectivity index (χ3v) is 4.30. The predicted molar refractivity (Wildman–Crippen MR) is 78.0 cm³/mol.